The number of Topliss-reactive ketones (excluding diaryl/α,β-unsaturated/α-hetero) is 1. The summed E-state index contributed by atoms with van der Waals surface area (Å²) < 4.78 is 18.6. The quantitative estimate of drug-likeness (QED) is 0.670. The third-order valence-corrected chi connectivity index (χ3v) is 5.28. The van der Waals surface area contributed by atoms with E-state index >= 15 is 0 Å². The number of hydrogen-bond acceptors (Lipinski definition) is 4. The molecule has 2 atom stereocenters. The molecule has 1 spiro atoms. The highest BCUT2D eigenvalue weighted by Gasteiger charge is 2.55. The molecule has 0 radical (unpaired) electrons. The highest BCUT2D eigenvalue weighted by atomic mass is 19.1. The normalized spacial score (nSPS) is 26.0. The van der Waals surface area contributed by atoms with Gasteiger partial charge in [-0.2, -0.15) is 0 Å². The number of halogens is 1. The number of nitrogens with one attached hydrogen (secondary N) is 1. The largest absolute Gasteiger partial charge is 0.494 e. The topological polar surface area (TPSA) is 75.7 Å². The van der Waals surface area contributed by atoms with E-state index in [0.717, 1.165) is 30.2 Å². The summed E-state index contributed by atoms with van der Waals surface area (Å²) in [5.74, 6) is -1.46. The predicted molar refractivity (Wildman–Crippen MR) is 87.9 cm³/mol. The van der Waals surface area contributed by atoms with Crippen LogP contribution in [0.3, 0.4) is 0 Å². The van der Waals surface area contributed by atoms with E-state index < -0.39 is 29.7 Å². The molecule has 3 rings (SSSR count). The van der Waals surface area contributed by atoms with Crippen LogP contribution in [0.2, 0.25) is 0 Å². The minimum absolute atomic E-state index is 0.0243. The van der Waals surface area contributed by atoms with Gasteiger partial charge in [0.05, 0.1) is 13.7 Å². The molecule has 7 heteroatoms. The number of urea groups is 1. The van der Waals surface area contributed by atoms with Gasteiger partial charge < -0.3 is 10.1 Å². The van der Waals surface area contributed by atoms with Crippen LogP contribution in [0.5, 0.6) is 5.75 Å². The monoisotopic (exact) mass is 348 g/mol. The summed E-state index contributed by atoms with van der Waals surface area (Å²) in [5, 5.41) is 2.80. The molecule has 0 aromatic heterocycles. The lowest BCUT2D eigenvalue weighted by atomic mass is 9.73. The molecule has 1 saturated heterocycles. The van der Waals surface area contributed by atoms with E-state index in [4.69, 9.17) is 4.74 Å². The van der Waals surface area contributed by atoms with Gasteiger partial charge in [-0.3, -0.25) is 14.5 Å². The van der Waals surface area contributed by atoms with Gasteiger partial charge in [-0.1, -0.05) is 19.8 Å². The summed E-state index contributed by atoms with van der Waals surface area (Å²) in [6, 6.07) is 3.26. The fourth-order valence-electron chi connectivity index (χ4n) is 3.71. The standard InChI is InChI=1S/C18H21FN2O4/c1-11-5-3-4-8-18(11)16(23)21(17(24)20-18)10-14(22)12-6-7-15(25-2)13(19)9-12/h6-7,9,11H,3-5,8,10H2,1-2H3,(H,20,24)/t11-,18-/m0/s1. The van der Waals surface area contributed by atoms with Crippen molar-refractivity contribution in [3.05, 3.63) is 29.6 Å². The third-order valence-electron chi connectivity index (χ3n) is 5.28. The molecule has 2 fully saturated rings. The first kappa shape index (κ1) is 17.4. The van der Waals surface area contributed by atoms with E-state index in [1.807, 2.05) is 6.92 Å². The van der Waals surface area contributed by atoms with Crippen molar-refractivity contribution in [3.63, 3.8) is 0 Å². The van der Waals surface area contributed by atoms with Crippen LogP contribution in [0.1, 0.15) is 43.0 Å². The molecule has 25 heavy (non-hydrogen) atoms. The Morgan fingerprint density at radius 3 is 2.80 bits per heavy atom. The van der Waals surface area contributed by atoms with Crippen molar-refractivity contribution in [2.24, 2.45) is 5.92 Å². The number of imide groups is 1. The number of hydrogen-bond donors (Lipinski definition) is 1. The Bertz CT molecular complexity index is 736. The van der Waals surface area contributed by atoms with E-state index in [2.05, 4.69) is 5.32 Å². The van der Waals surface area contributed by atoms with Crippen LogP contribution in [-0.4, -0.2) is 41.8 Å². The lowest BCUT2D eigenvalue weighted by molar-refractivity contribution is -0.133. The molecule has 0 bridgehead atoms. The summed E-state index contributed by atoms with van der Waals surface area (Å²) in [5.41, 5.74) is -0.808. The molecule has 1 aliphatic carbocycles. The lowest BCUT2D eigenvalue weighted by Crippen LogP contribution is -2.54. The van der Waals surface area contributed by atoms with Gasteiger partial charge in [0.2, 0.25) is 0 Å². The van der Waals surface area contributed by atoms with Crippen molar-refractivity contribution < 1.29 is 23.5 Å². The molecular formula is C18H21FN2O4. The second kappa shape index (κ2) is 6.46. The molecule has 1 aromatic rings. The summed E-state index contributed by atoms with van der Waals surface area (Å²) in [4.78, 5) is 38.5. The molecule has 1 aliphatic heterocycles. The minimum atomic E-state index is -0.902. The molecule has 0 unspecified atom stereocenters. The molecular weight excluding hydrogens is 327 g/mol. The van der Waals surface area contributed by atoms with Crippen molar-refractivity contribution in [3.8, 4) is 5.75 Å². The summed E-state index contributed by atoms with van der Waals surface area (Å²) in [7, 11) is 1.33. The van der Waals surface area contributed by atoms with Gasteiger partial charge in [0.15, 0.2) is 17.3 Å². The van der Waals surface area contributed by atoms with Crippen LogP contribution in [0, 0.1) is 11.7 Å². The van der Waals surface area contributed by atoms with E-state index in [-0.39, 0.29) is 23.1 Å². The maximum atomic E-state index is 13.8. The highest BCUT2D eigenvalue weighted by Crippen LogP contribution is 2.38. The first-order valence-corrected chi connectivity index (χ1v) is 8.40. The number of nitrogens with zero attached hydrogens (tertiary/aromatic N) is 1. The van der Waals surface area contributed by atoms with Gasteiger partial charge in [0, 0.05) is 5.56 Å². The van der Waals surface area contributed by atoms with Crippen molar-refractivity contribution in [1.29, 1.82) is 0 Å². The Morgan fingerprint density at radius 2 is 2.16 bits per heavy atom. The number of amides is 3. The molecule has 1 saturated carbocycles. The van der Waals surface area contributed by atoms with Gasteiger partial charge in [-0.05, 0) is 37.0 Å². The van der Waals surface area contributed by atoms with E-state index in [9.17, 15) is 18.8 Å². The van der Waals surface area contributed by atoms with E-state index in [1.54, 1.807) is 0 Å². The predicted octanol–water partition coefficient (Wildman–Crippen LogP) is 2.52. The first-order valence-electron chi connectivity index (χ1n) is 8.40. The summed E-state index contributed by atoms with van der Waals surface area (Å²) in [6.07, 6.45) is 3.33. The van der Waals surface area contributed by atoms with Crippen molar-refractivity contribution in [2.75, 3.05) is 13.7 Å². The molecule has 6 nitrogen and oxygen atoms in total. The van der Waals surface area contributed by atoms with Crippen LogP contribution >= 0.6 is 0 Å². The average molecular weight is 348 g/mol. The Balaban J connectivity index is 1.78. The molecule has 1 heterocycles. The van der Waals surface area contributed by atoms with Gasteiger partial charge in [0.25, 0.3) is 5.91 Å². The molecule has 1 aromatic carbocycles. The second-order valence-corrected chi connectivity index (χ2v) is 6.71. The summed E-state index contributed by atoms with van der Waals surface area (Å²) >= 11 is 0. The smallest absolute Gasteiger partial charge is 0.325 e. The number of ether oxygens (including phenoxy) is 1. The van der Waals surface area contributed by atoms with Crippen LogP contribution in [0.15, 0.2) is 18.2 Å². The van der Waals surface area contributed by atoms with Crippen molar-refractivity contribution >= 4 is 17.7 Å². The van der Waals surface area contributed by atoms with Crippen LogP contribution in [-0.2, 0) is 4.79 Å². The van der Waals surface area contributed by atoms with Crippen molar-refractivity contribution in [2.45, 2.75) is 38.1 Å². The number of carbonyl (C=O) groups is 3. The molecule has 2 aliphatic rings. The van der Waals surface area contributed by atoms with E-state index in [0.29, 0.717) is 6.42 Å². The van der Waals surface area contributed by atoms with Crippen LogP contribution in [0.4, 0.5) is 9.18 Å². The maximum Gasteiger partial charge on any atom is 0.325 e. The third kappa shape index (κ3) is 2.88. The van der Waals surface area contributed by atoms with Gasteiger partial charge in [-0.15, -0.1) is 0 Å². The Kier molecular flexibility index (Phi) is 4.49. The zero-order valence-corrected chi connectivity index (χ0v) is 14.3. The number of methoxy groups -OCH3 is 1. The summed E-state index contributed by atoms with van der Waals surface area (Å²) in [6.45, 7) is 1.55. The molecule has 1 N–H and O–H groups in total. The zero-order chi connectivity index (χ0) is 18.2. The molecule has 3 amide bonds. The molecule has 134 valence electrons. The minimum Gasteiger partial charge on any atom is -0.494 e. The second-order valence-electron chi connectivity index (χ2n) is 6.71. The zero-order valence-electron chi connectivity index (χ0n) is 14.3. The Hall–Kier alpha value is -2.44. The lowest BCUT2D eigenvalue weighted by Gasteiger charge is -2.36. The van der Waals surface area contributed by atoms with Gasteiger partial charge >= 0.3 is 6.03 Å². The van der Waals surface area contributed by atoms with Gasteiger partial charge in [0.1, 0.15) is 5.54 Å². The average Bonchev–Trinajstić information content (AvgIpc) is 2.82. The number of rotatable bonds is 4. The SMILES string of the molecule is COc1ccc(C(=O)CN2C(=O)N[C@]3(CCCC[C@@H]3C)C2=O)cc1F. The maximum absolute atomic E-state index is 13.8. The number of benzene rings is 1. The van der Waals surface area contributed by atoms with Crippen molar-refractivity contribution in [1.82, 2.24) is 10.2 Å². The fraction of sp³-hybridized carbons (Fsp3) is 0.500. The van der Waals surface area contributed by atoms with Gasteiger partial charge in [-0.25, -0.2) is 9.18 Å². The first-order chi connectivity index (χ1) is 11.9. The van der Waals surface area contributed by atoms with Crippen LogP contribution in [0.25, 0.3) is 0 Å². The van der Waals surface area contributed by atoms with E-state index in [1.165, 1.54) is 19.2 Å². The number of ketones is 1. The fourth-order valence-corrected chi connectivity index (χ4v) is 3.71. The number of carbonyl (C=O) groups excluding carboxylic acids is 3. The Labute approximate surface area is 145 Å². The Morgan fingerprint density at radius 1 is 1.40 bits per heavy atom. The van der Waals surface area contributed by atoms with Crippen LogP contribution < -0.4 is 10.1 Å². The highest BCUT2D eigenvalue weighted by molar-refractivity contribution is 6.11.